The third-order valence-electron chi connectivity index (χ3n) is 5.28. The Balaban J connectivity index is 1.42. The number of aryl methyl sites for hydroxylation is 2. The Bertz CT molecular complexity index is 1110. The average Bonchev–Trinajstić information content (AvgIpc) is 2.80. The zero-order chi connectivity index (χ0) is 21.8. The predicted octanol–water partition coefficient (Wildman–Crippen LogP) is 3.67. The molecular weight excluding hydrogens is 388 g/mol. The summed E-state index contributed by atoms with van der Waals surface area (Å²) >= 11 is 0. The fourth-order valence-corrected chi connectivity index (χ4v) is 3.52. The second-order valence-electron chi connectivity index (χ2n) is 7.65. The minimum absolute atomic E-state index is 0.0176. The number of nitrogens with one attached hydrogen (secondary N) is 1. The highest BCUT2D eigenvalue weighted by molar-refractivity contribution is 5.94. The van der Waals surface area contributed by atoms with Gasteiger partial charge in [-0.25, -0.2) is 4.98 Å². The fraction of sp³-hybridized carbons (Fsp3) is 0.250. The Morgan fingerprint density at radius 1 is 0.968 bits per heavy atom. The molecule has 31 heavy (non-hydrogen) atoms. The summed E-state index contributed by atoms with van der Waals surface area (Å²) in [4.78, 5) is 26.0. The quantitative estimate of drug-likeness (QED) is 0.704. The molecule has 1 aliphatic rings. The molecule has 1 saturated heterocycles. The number of hydrogen-bond acceptors (Lipinski definition) is 6. The number of aromatic nitrogens is 2. The highest BCUT2D eigenvalue weighted by atomic mass is 16.2. The van der Waals surface area contributed by atoms with Crippen molar-refractivity contribution in [2.75, 3.05) is 36.4 Å². The molecule has 1 aliphatic heterocycles. The van der Waals surface area contributed by atoms with E-state index < -0.39 is 0 Å². The summed E-state index contributed by atoms with van der Waals surface area (Å²) in [5, 5.41) is 12.3. The zero-order valence-corrected chi connectivity index (χ0v) is 17.7. The molecule has 3 aromatic rings. The van der Waals surface area contributed by atoms with Gasteiger partial charge >= 0.3 is 0 Å². The van der Waals surface area contributed by atoms with E-state index in [0.717, 1.165) is 17.2 Å². The van der Waals surface area contributed by atoms with Gasteiger partial charge in [0.15, 0.2) is 0 Å². The van der Waals surface area contributed by atoms with Gasteiger partial charge in [0.2, 0.25) is 5.95 Å². The van der Waals surface area contributed by atoms with Crippen molar-refractivity contribution >= 4 is 23.4 Å². The van der Waals surface area contributed by atoms with Gasteiger partial charge in [-0.05, 0) is 50.2 Å². The molecule has 0 bridgehead atoms. The molecule has 1 amide bonds. The lowest BCUT2D eigenvalue weighted by atomic mass is 10.1. The lowest BCUT2D eigenvalue weighted by Gasteiger charge is -2.35. The molecule has 0 spiro atoms. The number of amides is 1. The molecule has 0 unspecified atom stereocenters. The van der Waals surface area contributed by atoms with Gasteiger partial charge in [0.25, 0.3) is 5.91 Å². The van der Waals surface area contributed by atoms with Crippen LogP contribution in [0.25, 0.3) is 0 Å². The molecule has 1 N–H and O–H groups in total. The maximum Gasteiger partial charge on any atom is 0.253 e. The summed E-state index contributed by atoms with van der Waals surface area (Å²) in [6.07, 6.45) is 0. The number of hydrogen-bond donors (Lipinski definition) is 1. The Morgan fingerprint density at radius 2 is 1.65 bits per heavy atom. The fourth-order valence-electron chi connectivity index (χ4n) is 3.52. The van der Waals surface area contributed by atoms with Crippen LogP contribution in [0.5, 0.6) is 0 Å². The van der Waals surface area contributed by atoms with Crippen molar-refractivity contribution in [2.24, 2.45) is 0 Å². The molecular formula is C24H24N6O. The first-order chi connectivity index (χ1) is 15.0. The van der Waals surface area contributed by atoms with Gasteiger partial charge in [0.05, 0.1) is 11.6 Å². The summed E-state index contributed by atoms with van der Waals surface area (Å²) in [6.45, 7) is 6.53. The van der Waals surface area contributed by atoms with Gasteiger partial charge in [-0.2, -0.15) is 10.2 Å². The second-order valence-corrected chi connectivity index (χ2v) is 7.65. The van der Waals surface area contributed by atoms with Crippen molar-refractivity contribution in [3.05, 3.63) is 77.0 Å². The van der Waals surface area contributed by atoms with E-state index >= 15 is 0 Å². The number of rotatable bonds is 4. The second kappa shape index (κ2) is 8.84. The highest BCUT2D eigenvalue weighted by Gasteiger charge is 2.24. The van der Waals surface area contributed by atoms with Gasteiger partial charge in [-0.3, -0.25) is 4.79 Å². The van der Waals surface area contributed by atoms with Gasteiger partial charge in [-0.1, -0.05) is 17.7 Å². The number of piperazine rings is 1. The molecule has 4 rings (SSSR count). The van der Waals surface area contributed by atoms with Crippen LogP contribution in [0.2, 0.25) is 0 Å². The van der Waals surface area contributed by atoms with Crippen molar-refractivity contribution in [1.29, 1.82) is 5.26 Å². The molecule has 1 fully saturated rings. The Labute approximate surface area is 182 Å². The summed E-state index contributed by atoms with van der Waals surface area (Å²) in [7, 11) is 0. The van der Waals surface area contributed by atoms with Crippen molar-refractivity contribution in [3.8, 4) is 6.07 Å². The van der Waals surface area contributed by atoms with Crippen LogP contribution >= 0.6 is 0 Å². The number of nitriles is 1. The van der Waals surface area contributed by atoms with Crippen LogP contribution in [0.15, 0.2) is 54.6 Å². The van der Waals surface area contributed by atoms with E-state index in [4.69, 9.17) is 10.2 Å². The maximum absolute atomic E-state index is 12.8. The van der Waals surface area contributed by atoms with Crippen LogP contribution in [0.4, 0.5) is 17.5 Å². The van der Waals surface area contributed by atoms with Gasteiger partial charge in [-0.15, -0.1) is 0 Å². The first-order valence-corrected chi connectivity index (χ1v) is 10.3. The molecule has 2 aromatic carbocycles. The van der Waals surface area contributed by atoms with E-state index in [2.05, 4.69) is 40.3 Å². The summed E-state index contributed by atoms with van der Waals surface area (Å²) in [6, 6.07) is 18.9. The molecule has 0 aliphatic carbocycles. The van der Waals surface area contributed by atoms with E-state index in [0.29, 0.717) is 43.3 Å². The minimum atomic E-state index is -0.0176. The first kappa shape index (κ1) is 20.4. The third kappa shape index (κ3) is 4.81. The summed E-state index contributed by atoms with van der Waals surface area (Å²) in [5.74, 6) is 1.40. The number of nitrogens with zero attached hydrogens (tertiary/aromatic N) is 5. The van der Waals surface area contributed by atoms with Crippen molar-refractivity contribution in [2.45, 2.75) is 13.8 Å². The van der Waals surface area contributed by atoms with Gasteiger partial charge in [0.1, 0.15) is 5.82 Å². The monoisotopic (exact) mass is 412 g/mol. The predicted molar refractivity (Wildman–Crippen MR) is 121 cm³/mol. The smallest absolute Gasteiger partial charge is 0.253 e. The summed E-state index contributed by atoms with van der Waals surface area (Å²) in [5.41, 5.74) is 4.22. The first-order valence-electron chi connectivity index (χ1n) is 10.3. The number of carbonyl (C=O) groups excluding carboxylic acids is 1. The third-order valence-corrected chi connectivity index (χ3v) is 5.28. The van der Waals surface area contributed by atoms with E-state index in [1.807, 2.05) is 30.0 Å². The van der Waals surface area contributed by atoms with E-state index in [-0.39, 0.29) is 5.91 Å². The Kier molecular flexibility index (Phi) is 5.80. The average molecular weight is 412 g/mol. The SMILES string of the molecule is Cc1ccc(Nc2cc(C)nc(N3CCN(C(=O)c4ccc(C#N)cc4)CC3)n2)cc1. The van der Waals surface area contributed by atoms with Crippen LogP contribution in [0.3, 0.4) is 0 Å². The molecule has 0 saturated carbocycles. The van der Waals surface area contributed by atoms with Gasteiger partial charge in [0, 0.05) is 49.2 Å². The molecule has 0 atom stereocenters. The standard InChI is InChI=1S/C24H24N6O/c1-17-3-9-21(10-4-17)27-22-15-18(2)26-24(28-22)30-13-11-29(12-14-30)23(31)20-7-5-19(16-25)6-8-20/h3-10,15H,11-14H2,1-2H3,(H,26,27,28). The van der Waals surface area contributed by atoms with Crippen LogP contribution in [-0.4, -0.2) is 47.0 Å². The van der Waals surface area contributed by atoms with Crippen molar-refractivity contribution in [3.63, 3.8) is 0 Å². The van der Waals surface area contributed by atoms with E-state index in [9.17, 15) is 4.79 Å². The number of carbonyl (C=O) groups is 1. The molecule has 156 valence electrons. The normalized spacial score (nSPS) is 13.6. The Hall–Kier alpha value is -3.92. The lowest BCUT2D eigenvalue weighted by molar-refractivity contribution is 0.0746. The van der Waals surface area contributed by atoms with Crippen LogP contribution in [-0.2, 0) is 0 Å². The molecule has 7 nitrogen and oxygen atoms in total. The largest absolute Gasteiger partial charge is 0.340 e. The Morgan fingerprint density at radius 3 is 2.29 bits per heavy atom. The number of benzene rings is 2. The van der Waals surface area contributed by atoms with Crippen LogP contribution < -0.4 is 10.2 Å². The van der Waals surface area contributed by atoms with Crippen LogP contribution in [0.1, 0.15) is 27.2 Å². The minimum Gasteiger partial charge on any atom is -0.340 e. The number of anilines is 3. The van der Waals surface area contributed by atoms with Gasteiger partial charge < -0.3 is 15.1 Å². The van der Waals surface area contributed by atoms with Crippen LogP contribution in [0, 0.1) is 25.2 Å². The maximum atomic E-state index is 12.8. The van der Waals surface area contributed by atoms with Crippen molar-refractivity contribution < 1.29 is 4.79 Å². The molecule has 1 aromatic heterocycles. The lowest BCUT2D eigenvalue weighted by Crippen LogP contribution is -2.49. The zero-order valence-electron chi connectivity index (χ0n) is 17.7. The summed E-state index contributed by atoms with van der Waals surface area (Å²) < 4.78 is 0. The highest BCUT2D eigenvalue weighted by Crippen LogP contribution is 2.20. The molecule has 7 heteroatoms. The van der Waals surface area contributed by atoms with E-state index in [1.165, 1.54) is 5.56 Å². The molecule has 2 heterocycles. The van der Waals surface area contributed by atoms with Crippen molar-refractivity contribution in [1.82, 2.24) is 14.9 Å². The topological polar surface area (TPSA) is 85.2 Å². The molecule has 0 radical (unpaired) electrons. The van der Waals surface area contributed by atoms with E-state index in [1.54, 1.807) is 24.3 Å².